The number of rotatable bonds is 5. The van der Waals surface area contributed by atoms with Crippen LogP contribution in [0.4, 0.5) is 10.9 Å². The number of nitrogens with one attached hydrogen (secondary N) is 1. The molecule has 0 bridgehead atoms. The monoisotopic (exact) mass is 408 g/mol. The molecule has 1 aliphatic carbocycles. The van der Waals surface area contributed by atoms with Crippen molar-refractivity contribution in [2.24, 2.45) is 7.05 Å². The average Bonchev–Trinajstić information content (AvgIpc) is 3.43. The van der Waals surface area contributed by atoms with E-state index in [2.05, 4.69) is 26.5 Å². The van der Waals surface area contributed by atoms with Crippen LogP contribution in [0.25, 0.3) is 16.7 Å². The van der Waals surface area contributed by atoms with E-state index in [0.717, 1.165) is 40.3 Å². The molecule has 0 amide bonds. The van der Waals surface area contributed by atoms with Crippen LogP contribution in [0.5, 0.6) is 5.88 Å². The first-order valence-corrected chi connectivity index (χ1v) is 10.8. The molecule has 0 saturated heterocycles. The first-order chi connectivity index (χ1) is 14.2. The number of nitrogens with zero attached hydrogens (tertiary/aromatic N) is 5. The van der Waals surface area contributed by atoms with E-state index < -0.39 is 0 Å². The third-order valence-electron chi connectivity index (χ3n) is 5.29. The van der Waals surface area contributed by atoms with Gasteiger partial charge in [-0.1, -0.05) is 6.42 Å². The maximum absolute atomic E-state index is 6.45. The lowest BCUT2D eigenvalue weighted by atomic mass is 9.98. The summed E-state index contributed by atoms with van der Waals surface area (Å²) in [6.45, 7) is 1.98. The Balaban J connectivity index is 1.58. The SMILES string of the molecule is Cc1cc(Nc2nc(OC3CCCCC3)c3c(ccn3-c3ccn(C)c3)n2)sn1. The number of anilines is 2. The van der Waals surface area contributed by atoms with Gasteiger partial charge in [-0.05, 0) is 62.3 Å². The minimum atomic E-state index is 0.208. The molecule has 1 saturated carbocycles. The second kappa shape index (κ2) is 7.51. The fourth-order valence-electron chi connectivity index (χ4n) is 3.87. The summed E-state index contributed by atoms with van der Waals surface area (Å²) in [6, 6.07) is 6.09. The number of fused-ring (bicyclic) bond motifs is 1. The summed E-state index contributed by atoms with van der Waals surface area (Å²) in [5.74, 6) is 1.18. The third kappa shape index (κ3) is 3.72. The van der Waals surface area contributed by atoms with Gasteiger partial charge in [-0.2, -0.15) is 9.36 Å². The maximum atomic E-state index is 6.45. The quantitative estimate of drug-likeness (QED) is 0.504. The van der Waals surface area contributed by atoms with E-state index >= 15 is 0 Å². The molecule has 4 aromatic heterocycles. The van der Waals surface area contributed by atoms with E-state index in [1.807, 2.05) is 43.1 Å². The second-order valence-electron chi connectivity index (χ2n) is 7.64. The highest BCUT2D eigenvalue weighted by molar-refractivity contribution is 7.10. The maximum Gasteiger partial charge on any atom is 0.244 e. The third-order valence-corrected chi connectivity index (χ3v) is 6.09. The van der Waals surface area contributed by atoms with Gasteiger partial charge < -0.3 is 19.2 Å². The van der Waals surface area contributed by atoms with Gasteiger partial charge in [0.05, 0.1) is 16.9 Å². The highest BCUT2D eigenvalue weighted by Gasteiger charge is 2.21. The molecule has 0 aromatic carbocycles. The zero-order chi connectivity index (χ0) is 19.8. The predicted octanol–water partition coefficient (Wildman–Crippen LogP) is 4.98. The summed E-state index contributed by atoms with van der Waals surface area (Å²) in [5.41, 5.74) is 3.82. The van der Waals surface area contributed by atoms with Crippen molar-refractivity contribution in [2.45, 2.75) is 45.1 Å². The Labute approximate surface area is 173 Å². The van der Waals surface area contributed by atoms with Gasteiger partial charge in [0.1, 0.15) is 16.6 Å². The van der Waals surface area contributed by atoms with Crippen LogP contribution in [-0.4, -0.2) is 29.6 Å². The van der Waals surface area contributed by atoms with Gasteiger partial charge in [-0.15, -0.1) is 0 Å². The molecule has 150 valence electrons. The molecule has 1 aliphatic rings. The number of ether oxygens (including phenoxy) is 1. The summed E-state index contributed by atoms with van der Waals surface area (Å²) in [5, 5.41) is 4.21. The molecule has 4 heterocycles. The molecule has 1 N–H and O–H groups in total. The van der Waals surface area contributed by atoms with Gasteiger partial charge in [0.15, 0.2) is 0 Å². The van der Waals surface area contributed by atoms with E-state index in [-0.39, 0.29) is 6.10 Å². The van der Waals surface area contributed by atoms with Crippen LogP contribution in [-0.2, 0) is 7.05 Å². The molecule has 29 heavy (non-hydrogen) atoms. The number of aromatic nitrogens is 5. The lowest BCUT2D eigenvalue weighted by molar-refractivity contribution is 0.150. The van der Waals surface area contributed by atoms with Crippen molar-refractivity contribution in [1.29, 1.82) is 0 Å². The molecule has 0 aliphatic heterocycles. The van der Waals surface area contributed by atoms with E-state index in [1.165, 1.54) is 30.8 Å². The first-order valence-electron chi connectivity index (χ1n) is 10.0. The zero-order valence-electron chi connectivity index (χ0n) is 16.6. The molecule has 0 radical (unpaired) electrons. The molecule has 5 rings (SSSR count). The fourth-order valence-corrected chi connectivity index (χ4v) is 4.53. The van der Waals surface area contributed by atoms with E-state index in [9.17, 15) is 0 Å². The number of aryl methyl sites for hydroxylation is 2. The molecular weight excluding hydrogens is 384 g/mol. The van der Waals surface area contributed by atoms with Gasteiger partial charge >= 0.3 is 0 Å². The van der Waals surface area contributed by atoms with Crippen molar-refractivity contribution >= 4 is 33.5 Å². The van der Waals surface area contributed by atoms with E-state index in [1.54, 1.807) is 0 Å². The summed E-state index contributed by atoms with van der Waals surface area (Å²) in [6.07, 6.45) is 12.2. The molecule has 8 heteroatoms. The second-order valence-corrected chi connectivity index (χ2v) is 8.45. The zero-order valence-corrected chi connectivity index (χ0v) is 17.4. The standard InChI is InChI=1S/C21H24N6OS/c1-14-12-18(29-25-14)23-21-22-17-9-11-27(15-8-10-26(2)13-15)19(17)20(24-21)28-16-6-4-3-5-7-16/h8-13,16H,3-7H2,1-2H3,(H,22,23,24). The Morgan fingerprint density at radius 3 is 2.72 bits per heavy atom. The van der Waals surface area contributed by atoms with Crippen molar-refractivity contribution < 1.29 is 4.74 Å². The van der Waals surface area contributed by atoms with Crippen LogP contribution in [0.3, 0.4) is 0 Å². The topological polar surface area (TPSA) is 69.8 Å². The highest BCUT2D eigenvalue weighted by Crippen LogP contribution is 2.32. The largest absolute Gasteiger partial charge is 0.473 e. The highest BCUT2D eigenvalue weighted by atomic mass is 32.1. The summed E-state index contributed by atoms with van der Waals surface area (Å²) in [4.78, 5) is 9.51. The smallest absolute Gasteiger partial charge is 0.244 e. The van der Waals surface area contributed by atoms with Crippen LogP contribution >= 0.6 is 11.5 Å². The first kappa shape index (κ1) is 18.2. The number of hydrogen-bond acceptors (Lipinski definition) is 6. The molecule has 0 unspecified atom stereocenters. The fraction of sp³-hybridized carbons (Fsp3) is 0.381. The minimum absolute atomic E-state index is 0.208. The Morgan fingerprint density at radius 1 is 1.14 bits per heavy atom. The Morgan fingerprint density at radius 2 is 2.00 bits per heavy atom. The van der Waals surface area contributed by atoms with Crippen molar-refractivity contribution in [1.82, 2.24) is 23.5 Å². The number of hydrogen-bond donors (Lipinski definition) is 1. The van der Waals surface area contributed by atoms with Gasteiger partial charge in [-0.3, -0.25) is 0 Å². The predicted molar refractivity (Wildman–Crippen MR) is 115 cm³/mol. The normalized spacial score (nSPS) is 15.1. The van der Waals surface area contributed by atoms with Gasteiger partial charge in [0.2, 0.25) is 11.8 Å². The average molecular weight is 409 g/mol. The van der Waals surface area contributed by atoms with Crippen LogP contribution in [0.2, 0.25) is 0 Å². The van der Waals surface area contributed by atoms with Gasteiger partial charge in [-0.25, -0.2) is 4.98 Å². The van der Waals surface area contributed by atoms with Crippen LogP contribution in [0.15, 0.2) is 36.8 Å². The van der Waals surface area contributed by atoms with E-state index in [0.29, 0.717) is 11.8 Å². The Hall–Kier alpha value is -2.87. The summed E-state index contributed by atoms with van der Waals surface area (Å²) >= 11 is 1.41. The van der Waals surface area contributed by atoms with Crippen LogP contribution in [0.1, 0.15) is 37.8 Å². The summed E-state index contributed by atoms with van der Waals surface area (Å²) in [7, 11) is 2.02. The molecule has 4 aromatic rings. The molecule has 1 fully saturated rings. The van der Waals surface area contributed by atoms with Crippen LogP contribution in [0, 0.1) is 6.92 Å². The van der Waals surface area contributed by atoms with Crippen molar-refractivity contribution in [2.75, 3.05) is 5.32 Å². The lowest BCUT2D eigenvalue weighted by Crippen LogP contribution is -2.21. The Kier molecular flexibility index (Phi) is 4.71. The van der Waals surface area contributed by atoms with E-state index in [4.69, 9.17) is 14.7 Å². The van der Waals surface area contributed by atoms with Crippen molar-refractivity contribution in [3.8, 4) is 11.6 Å². The Bertz CT molecular complexity index is 1140. The lowest BCUT2D eigenvalue weighted by Gasteiger charge is -2.23. The molecule has 7 nitrogen and oxygen atoms in total. The molecule has 0 spiro atoms. The summed E-state index contributed by atoms with van der Waals surface area (Å²) < 4.78 is 14.9. The molecular formula is C21H24N6OS. The minimum Gasteiger partial charge on any atom is -0.473 e. The molecule has 0 atom stereocenters. The van der Waals surface area contributed by atoms with Crippen LogP contribution < -0.4 is 10.1 Å². The van der Waals surface area contributed by atoms with Gasteiger partial charge in [0.25, 0.3) is 0 Å². The van der Waals surface area contributed by atoms with Crippen molar-refractivity contribution in [3.05, 3.63) is 42.5 Å². The van der Waals surface area contributed by atoms with Crippen molar-refractivity contribution in [3.63, 3.8) is 0 Å². The van der Waals surface area contributed by atoms with Gasteiger partial charge in [0, 0.05) is 25.6 Å².